The van der Waals surface area contributed by atoms with Crippen molar-refractivity contribution in [1.82, 2.24) is 19.6 Å². The second-order valence-electron chi connectivity index (χ2n) is 6.68. The monoisotopic (exact) mass is 418 g/mol. The molecule has 1 aliphatic heterocycles. The third-order valence-corrected chi connectivity index (χ3v) is 5.00. The largest absolute Gasteiger partial charge is 0.433 e. The Labute approximate surface area is 164 Å². The molecule has 0 aliphatic carbocycles. The number of aryl methyl sites for hydroxylation is 1. The minimum absolute atomic E-state index is 0.201. The first kappa shape index (κ1) is 20.6. The number of hydrogen-bond donors (Lipinski definition) is 0. The summed E-state index contributed by atoms with van der Waals surface area (Å²) in [4.78, 5) is 15.9. The number of halogens is 5. The minimum atomic E-state index is -4.57. The molecule has 1 fully saturated rings. The van der Waals surface area contributed by atoms with Crippen LogP contribution in [0.25, 0.3) is 0 Å². The Hall–Kier alpha value is -2.13. The summed E-state index contributed by atoms with van der Waals surface area (Å²) in [5, 5.41) is 4.12. The molecule has 0 saturated carbocycles. The van der Waals surface area contributed by atoms with Gasteiger partial charge in [-0.3, -0.25) is 14.4 Å². The van der Waals surface area contributed by atoms with Crippen LogP contribution in [0.3, 0.4) is 0 Å². The molecule has 1 aromatic heterocycles. The molecule has 1 aromatic carbocycles. The number of piperazine rings is 1. The van der Waals surface area contributed by atoms with E-state index < -0.39 is 24.3 Å². The van der Waals surface area contributed by atoms with Crippen LogP contribution in [0.5, 0.6) is 0 Å². The molecule has 0 unspecified atom stereocenters. The zero-order valence-corrected chi connectivity index (χ0v) is 15.9. The van der Waals surface area contributed by atoms with Crippen LogP contribution in [0, 0.1) is 12.7 Å². The third-order valence-electron chi connectivity index (χ3n) is 4.65. The fourth-order valence-corrected chi connectivity index (χ4v) is 3.41. The zero-order chi connectivity index (χ0) is 20.5. The molecule has 0 N–H and O–H groups in total. The first-order valence-electron chi connectivity index (χ1n) is 8.70. The van der Waals surface area contributed by atoms with Gasteiger partial charge in [-0.15, -0.1) is 0 Å². The Balaban J connectivity index is 1.59. The number of carbonyl (C=O) groups excluding carboxylic acids is 1. The third kappa shape index (κ3) is 4.64. The molecule has 0 radical (unpaired) electrons. The van der Waals surface area contributed by atoms with E-state index in [2.05, 4.69) is 5.10 Å². The lowest BCUT2D eigenvalue weighted by Gasteiger charge is -2.35. The molecule has 28 heavy (non-hydrogen) atoms. The van der Waals surface area contributed by atoms with E-state index in [0.29, 0.717) is 48.0 Å². The number of alkyl halides is 3. The van der Waals surface area contributed by atoms with Crippen LogP contribution in [0.4, 0.5) is 17.6 Å². The summed E-state index contributed by atoms with van der Waals surface area (Å²) in [6.07, 6.45) is -4.57. The van der Waals surface area contributed by atoms with Crippen LogP contribution in [0.2, 0.25) is 5.02 Å². The zero-order valence-electron chi connectivity index (χ0n) is 15.1. The number of hydrogen-bond acceptors (Lipinski definition) is 3. The second kappa shape index (κ2) is 8.08. The molecule has 152 valence electrons. The predicted octanol–water partition coefficient (Wildman–Crippen LogP) is 3.35. The van der Waals surface area contributed by atoms with Crippen LogP contribution in [-0.2, 0) is 24.1 Å². The fourth-order valence-electron chi connectivity index (χ4n) is 3.18. The van der Waals surface area contributed by atoms with Gasteiger partial charge in [0.1, 0.15) is 18.1 Å². The maximum atomic E-state index is 13.9. The summed E-state index contributed by atoms with van der Waals surface area (Å²) in [6, 6.07) is 5.41. The van der Waals surface area contributed by atoms with Crippen LogP contribution < -0.4 is 0 Å². The molecule has 3 rings (SSSR count). The van der Waals surface area contributed by atoms with Crippen molar-refractivity contribution in [2.24, 2.45) is 0 Å². The Kier molecular flexibility index (Phi) is 5.95. The number of benzene rings is 1. The summed E-state index contributed by atoms with van der Waals surface area (Å²) < 4.78 is 53.7. The van der Waals surface area contributed by atoms with Gasteiger partial charge in [0.25, 0.3) is 0 Å². The van der Waals surface area contributed by atoms with Crippen LogP contribution in [0.15, 0.2) is 24.3 Å². The summed E-state index contributed by atoms with van der Waals surface area (Å²) in [5.74, 6) is -0.822. The Morgan fingerprint density at radius 1 is 1.21 bits per heavy atom. The molecular weight excluding hydrogens is 400 g/mol. The standard InChI is InChI=1S/C18H19ClF4N4O/c1-12-9-16(18(21,22)23)27(24-12)11-17(28)26-7-5-25(6-8-26)10-13-14(19)3-2-4-15(13)20/h2-4,9H,5-8,10-11H2,1H3. The fraction of sp³-hybridized carbons (Fsp3) is 0.444. The van der Waals surface area contributed by atoms with Crippen molar-refractivity contribution in [2.45, 2.75) is 26.2 Å². The number of amides is 1. The molecule has 1 aliphatic rings. The topological polar surface area (TPSA) is 41.4 Å². The van der Waals surface area contributed by atoms with E-state index in [-0.39, 0.29) is 11.5 Å². The highest BCUT2D eigenvalue weighted by Gasteiger charge is 2.36. The highest BCUT2D eigenvalue weighted by Crippen LogP contribution is 2.29. The van der Waals surface area contributed by atoms with Gasteiger partial charge in [-0.25, -0.2) is 4.39 Å². The Morgan fingerprint density at radius 2 is 1.89 bits per heavy atom. The maximum Gasteiger partial charge on any atom is 0.433 e. The summed E-state index contributed by atoms with van der Waals surface area (Å²) in [5.41, 5.74) is -0.344. The van der Waals surface area contributed by atoms with Crippen molar-refractivity contribution in [1.29, 1.82) is 0 Å². The van der Waals surface area contributed by atoms with Crippen molar-refractivity contribution in [3.8, 4) is 0 Å². The van der Waals surface area contributed by atoms with Crippen molar-refractivity contribution in [3.63, 3.8) is 0 Å². The van der Waals surface area contributed by atoms with E-state index in [9.17, 15) is 22.4 Å². The van der Waals surface area contributed by atoms with Gasteiger partial charge >= 0.3 is 6.18 Å². The molecular formula is C18H19ClF4N4O. The van der Waals surface area contributed by atoms with Crippen LogP contribution in [0.1, 0.15) is 17.0 Å². The van der Waals surface area contributed by atoms with Gasteiger partial charge in [0.2, 0.25) is 5.91 Å². The van der Waals surface area contributed by atoms with Gasteiger partial charge in [-0.1, -0.05) is 17.7 Å². The molecule has 10 heteroatoms. The SMILES string of the molecule is Cc1cc(C(F)(F)F)n(CC(=O)N2CCN(Cc3c(F)cccc3Cl)CC2)n1. The van der Waals surface area contributed by atoms with Crippen molar-refractivity contribution in [2.75, 3.05) is 26.2 Å². The number of nitrogens with zero attached hydrogens (tertiary/aromatic N) is 4. The first-order chi connectivity index (χ1) is 13.1. The second-order valence-corrected chi connectivity index (χ2v) is 7.09. The molecule has 1 amide bonds. The van der Waals surface area contributed by atoms with E-state index in [1.807, 2.05) is 4.90 Å². The van der Waals surface area contributed by atoms with E-state index in [4.69, 9.17) is 11.6 Å². The van der Waals surface area contributed by atoms with Gasteiger partial charge in [-0.2, -0.15) is 18.3 Å². The van der Waals surface area contributed by atoms with Gasteiger partial charge in [0, 0.05) is 43.3 Å². The molecule has 2 aromatic rings. The average Bonchev–Trinajstić information content (AvgIpc) is 2.99. The lowest BCUT2D eigenvalue weighted by molar-refractivity contribution is -0.146. The number of aromatic nitrogens is 2. The predicted molar refractivity (Wildman–Crippen MR) is 95.2 cm³/mol. The quantitative estimate of drug-likeness (QED) is 0.715. The van der Waals surface area contributed by atoms with Crippen LogP contribution in [-0.4, -0.2) is 51.7 Å². The average molecular weight is 419 g/mol. The molecule has 0 spiro atoms. The number of carbonyl (C=O) groups is 1. The van der Waals surface area contributed by atoms with E-state index in [0.717, 1.165) is 6.07 Å². The molecule has 5 nitrogen and oxygen atoms in total. The van der Waals surface area contributed by atoms with Crippen molar-refractivity contribution in [3.05, 3.63) is 52.1 Å². The van der Waals surface area contributed by atoms with Gasteiger partial charge in [-0.05, 0) is 25.1 Å². The molecule has 0 atom stereocenters. The highest BCUT2D eigenvalue weighted by molar-refractivity contribution is 6.31. The lowest BCUT2D eigenvalue weighted by Crippen LogP contribution is -2.49. The lowest BCUT2D eigenvalue weighted by atomic mass is 10.2. The highest BCUT2D eigenvalue weighted by atomic mass is 35.5. The summed E-state index contributed by atoms with van der Waals surface area (Å²) >= 11 is 6.04. The first-order valence-corrected chi connectivity index (χ1v) is 9.07. The normalized spacial score (nSPS) is 15.9. The van der Waals surface area contributed by atoms with Gasteiger partial charge in [0.15, 0.2) is 0 Å². The molecule has 2 heterocycles. The minimum Gasteiger partial charge on any atom is -0.339 e. The molecule has 0 bridgehead atoms. The summed E-state index contributed by atoms with van der Waals surface area (Å²) in [6.45, 7) is 2.91. The maximum absolute atomic E-state index is 13.9. The van der Waals surface area contributed by atoms with Gasteiger partial charge < -0.3 is 4.90 Å². The Bertz CT molecular complexity index is 840. The number of rotatable bonds is 4. The van der Waals surface area contributed by atoms with Crippen molar-refractivity contribution < 1.29 is 22.4 Å². The van der Waals surface area contributed by atoms with E-state index >= 15 is 0 Å². The van der Waals surface area contributed by atoms with Crippen molar-refractivity contribution >= 4 is 17.5 Å². The smallest absolute Gasteiger partial charge is 0.339 e. The summed E-state index contributed by atoms with van der Waals surface area (Å²) in [7, 11) is 0. The van der Waals surface area contributed by atoms with E-state index in [1.54, 1.807) is 6.07 Å². The Morgan fingerprint density at radius 3 is 2.50 bits per heavy atom. The van der Waals surface area contributed by atoms with E-state index in [1.165, 1.54) is 24.0 Å². The van der Waals surface area contributed by atoms with Gasteiger partial charge in [0.05, 0.1) is 5.69 Å². The molecule has 1 saturated heterocycles. The van der Waals surface area contributed by atoms with Crippen LogP contribution >= 0.6 is 11.6 Å².